The molecule has 10 heteroatoms. The maximum Gasteiger partial charge on any atom is 0.315 e. The van der Waals surface area contributed by atoms with Crippen molar-refractivity contribution in [2.75, 3.05) is 25.7 Å². The third-order valence-corrected chi connectivity index (χ3v) is 6.31. The molecule has 0 radical (unpaired) electrons. The molecule has 0 saturated carbocycles. The second kappa shape index (κ2) is 9.95. The second-order valence-corrected chi connectivity index (χ2v) is 8.87. The molecule has 0 unspecified atom stereocenters. The number of aliphatic hydroxyl groups is 1. The number of nitro benzene ring substituents is 1. The Morgan fingerprint density at radius 2 is 1.77 bits per heavy atom. The highest BCUT2D eigenvalue weighted by atomic mass is 35.5. The van der Waals surface area contributed by atoms with Crippen molar-refractivity contribution in [1.29, 1.82) is 0 Å². The van der Waals surface area contributed by atoms with Crippen LogP contribution in [0.1, 0.15) is 5.56 Å². The topological polar surface area (TPSA) is 116 Å². The molecule has 0 bridgehead atoms. The van der Waals surface area contributed by atoms with Gasteiger partial charge in [-0.05, 0) is 17.5 Å². The van der Waals surface area contributed by atoms with E-state index in [4.69, 9.17) is 26.2 Å². The minimum Gasteiger partial charge on any atom is -0.491 e. The van der Waals surface area contributed by atoms with Crippen LogP contribution in [0.4, 0.5) is 5.69 Å². The first-order chi connectivity index (χ1) is 14.9. The molecule has 0 aromatic heterocycles. The summed E-state index contributed by atoms with van der Waals surface area (Å²) in [4.78, 5) is 11.2. The van der Waals surface area contributed by atoms with Gasteiger partial charge in [0.1, 0.15) is 19.0 Å². The van der Waals surface area contributed by atoms with Gasteiger partial charge in [-0.25, -0.2) is 8.42 Å². The monoisotopic (exact) mass is 465 g/mol. The molecule has 8 nitrogen and oxygen atoms in total. The standard InChI is InChI=1S/C21H20ClNO7S/c22-8-10-30-19-13-17(29-11-9-24)12-16(21(19)23(25)26)14-31(27,28)20-7-3-5-15-4-1-2-6-18(15)20/h1-7,12-13,24H,8-11,14H2. The Hall–Kier alpha value is -2.88. The Kier molecular flexibility index (Phi) is 7.32. The summed E-state index contributed by atoms with van der Waals surface area (Å²) in [6, 6.07) is 14.5. The second-order valence-electron chi connectivity index (χ2n) is 6.53. The van der Waals surface area contributed by atoms with Gasteiger partial charge in [0.05, 0.1) is 33.6 Å². The van der Waals surface area contributed by atoms with Gasteiger partial charge in [0.25, 0.3) is 0 Å². The van der Waals surface area contributed by atoms with Crippen LogP contribution < -0.4 is 9.47 Å². The minimum atomic E-state index is -3.96. The van der Waals surface area contributed by atoms with Crippen molar-refractivity contribution < 1.29 is 27.9 Å². The van der Waals surface area contributed by atoms with Gasteiger partial charge >= 0.3 is 5.69 Å². The van der Waals surface area contributed by atoms with Gasteiger partial charge < -0.3 is 14.6 Å². The van der Waals surface area contributed by atoms with Gasteiger partial charge in [-0.1, -0.05) is 36.4 Å². The number of sulfone groups is 1. The Morgan fingerprint density at radius 1 is 1.03 bits per heavy atom. The van der Waals surface area contributed by atoms with Crippen LogP contribution in [-0.2, 0) is 15.6 Å². The normalized spacial score (nSPS) is 11.4. The van der Waals surface area contributed by atoms with Crippen LogP contribution in [0.2, 0.25) is 0 Å². The van der Waals surface area contributed by atoms with Crippen LogP contribution in [0.3, 0.4) is 0 Å². The number of aliphatic hydroxyl groups excluding tert-OH is 1. The van der Waals surface area contributed by atoms with E-state index in [1.807, 2.05) is 0 Å². The van der Waals surface area contributed by atoms with Gasteiger partial charge in [0, 0.05) is 11.5 Å². The highest BCUT2D eigenvalue weighted by Crippen LogP contribution is 2.38. The molecule has 0 heterocycles. The largest absolute Gasteiger partial charge is 0.491 e. The maximum atomic E-state index is 13.3. The number of fused-ring (bicyclic) bond motifs is 1. The predicted octanol–water partition coefficient (Wildman–Crippen LogP) is 3.71. The number of hydrogen-bond donors (Lipinski definition) is 1. The lowest BCUT2D eigenvalue weighted by Crippen LogP contribution is -2.11. The summed E-state index contributed by atoms with van der Waals surface area (Å²) in [5, 5.41) is 22.1. The summed E-state index contributed by atoms with van der Waals surface area (Å²) < 4.78 is 37.3. The fourth-order valence-electron chi connectivity index (χ4n) is 3.21. The molecule has 0 atom stereocenters. The lowest BCUT2D eigenvalue weighted by Gasteiger charge is -2.14. The summed E-state index contributed by atoms with van der Waals surface area (Å²) in [6.45, 7) is -0.359. The molecule has 0 aliphatic rings. The molecule has 31 heavy (non-hydrogen) atoms. The molecular formula is C21H20ClNO7S. The van der Waals surface area contributed by atoms with Crippen molar-refractivity contribution in [2.45, 2.75) is 10.6 Å². The van der Waals surface area contributed by atoms with Gasteiger partial charge in [0.15, 0.2) is 9.84 Å². The van der Waals surface area contributed by atoms with E-state index in [2.05, 4.69) is 0 Å². The number of nitrogens with zero attached hydrogens (tertiary/aromatic N) is 1. The molecule has 0 saturated heterocycles. The summed E-state index contributed by atoms with van der Waals surface area (Å²) in [5.74, 6) is -0.551. The van der Waals surface area contributed by atoms with Crippen LogP contribution >= 0.6 is 11.6 Å². The molecule has 0 aliphatic heterocycles. The molecule has 0 aliphatic carbocycles. The molecule has 0 amide bonds. The predicted molar refractivity (Wildman–Crippen MR) is 117 cm³/mol. The lowest BCUT2D eigenvalue weighted by atomic mass is 10.1. The van der Waals surface area contributed by atoms with E-state index in [1.54, 1.807) is 36.4 Å². The fourth-order valence-corrected chi connectivity index (χ4v) is 4.88. The third-order valence-electron chi connectivity index (χ3n) is 4.43. The zero-order chi connectivity index (χ0) is 22.4. The molecule has 3 rings (SSSR count). The van der Waals surface area contributed by atoms with E-state index >= 15 is 0 Å². The first-order valence-electron chi connectivity index (χ1n) is 9.31. The number of benzene rings is 3. The summed E-state index contributed by atoms with van der Waals surface area (Å²) in [7, 11) is -3.96. The number of nitro groups is 1. The molecule has 3 aromatic carbocycles. The van der Waals surface area contributed by atoms with Gasteiger partial charge in [-0.2, -0.15) is 0 Å². The molecule has 0 fully saturated rings. The summed E-state index contributed by atoms with van der Waals surface area (Å²) in [5.41, 5.74) is -0.553. The summed E-state index contributed by atoms with van der Waals surface area (Å²) >= 11 is 5.63. The Balaban J connectivity index is 2.12. The van der Waals surface area contributed by atoms with E-state index in [9.17, 15) is 18.5 Å². The smallest absolute Gasteiger partial charge is 0.315 e. The van der Waals surface area contributed by atoms with Crippen LogP contribution in [0.25, 0.3) is 10.8 Å². The molecular weight excluding hydrogens is 446 g/mol. The Bertz CT molecular complexity index is 1190. The van der Waals surface area contributed by atoms with Crippen LogP contribution in [0, 0.1) is 10.1 Å². The zero-order valence-electron chi connectivity index (χ0n) is 16.4. The van der Waals surface area contributed by atoms with Crippen molar-refractivity contribution in [3.8, 4) is 11.5 Å². The maximum absolute atomic E-state index is 13.3. The molecule has 1 N–H and O–H groups in total. The number of halogens is 1. The van der Waals surface area contributed by atoms with Crippen molar-refractivity contribution >= 4 is 37.9 Å². The molecule has 164 valence electrons. The zero-order valence-corrected chi connectivity index (χ0v) is 17.9. The van der Waals surface area contributed by atoms with E-state index in [1.165, 1.54) is 18.2 Å². The molecule has 0 spiro atoms. The Morgan fingerprint density at radius 3 is 2.48 bits per heavy atom. The van der Waals surface area contributed by atoms with E-state index < -0.39 is 26.2 Å². The van der Waals surface area contributed by atoms with Gasteiger partial charge in [0.2, 0.25) is 5.75 Å². The lowest BCUT2D eigenvalue weighted by molar-refractivity contribution is -0.386. The number of rotatable bonds is 10. The highest BCUT2D eigenvalue weighted by molar-refractivity contribution is 7.90. The fraction of sp³-hybridized carbons (Fsp3) is 0.238. The quantitative estimate of drug-likeness (QED) is 0.275. The average molecular weight is 466 g/mol. The van der Waals surface area contributed by atoms with Crippen molar-refractivity contribution in [3.63, 3.8) is 0 Å². The van der Waals surface area contributed by atoms with E-state index in [-0.39, 0.29) is 47.7 Å². The van der Waals surface area contributed by atoms with Crippen LogP contribution in [0.15, 0.2) is 59.5 Å². The first kappa shape index (κ1) is 22.8. The SMILES string of the molecule is O=[N+]([O-])c1c(CS(=O)(=O)c2cccc3ccccc23)cc(OCCO)cc1OCCCl. The highest BCUT2D eigenvalue weighted by Gasteiger charge is 2.28. The summed E-state index contributed by atoms with van der Waals surface area (Å²) in [6.07, 6.45) is 0. The van der Waals surface area contributed by atoms with Gasteiger partial charge in [-0.15, -0.1) is 11.6 Å². The number of hydrogen-bond acceptors (Lipinski definition) is 7. The Labute approximate surface area is 184 Å². The average Bonchev–Trinajstić information content (AvgIpc) is 2.75. The van der Waals surface area contributed by atoms with Crippen molar-refractivity contribution in [1.82, 2.24) is 0 Å². The first-order valence-corrected chi connectivity index (χ1v) is 11.5. The molecule has 3 aromatic rings. The van der Waals surface area contributed by atoms with Crippen LogP contribution in [0.5, 0.6) is 11.5 Å². The van der Waals surface area contributed by atoms with Crippen LogP contribution in [-0.4, -0.2) is 44.1 Å². The van der Waals surface area contributed by atoms with Crippen molar-refractivity contribution in [3.05, 3.63) is 70.3 Å². The number of ether oxygens (including phenoxy) is 2. The van der Waals surface area contributed by atoms with Crippen molar-refractivity contribution in [2.24, 2.45) is 0 Å². The third kappa shape index (κ3) is 5.25. The van der Waals surface area contributed by atoms with Gasteiger partial charge in [-0.3, -0.25) is 10.1 Å². The number of alkyl halides is 1. The van der Waals surface area contributed by atoms with E-state index in [0.717, 1.165) is 5.39 Å². The van der Waals surface area contributed by atoms with E-state index in [0.29, 0.717) is 5.39 Å². The minimum absolute atomic E-state index is 0.0125.